The first-order valence-corrected chi connectivity index (χ1v) is 12.4. The summed E-state index contributed by atoms with van der Waals surface area (Å²) in [6.45, 7) is 0.471. The Morgan fingerprint density at radius 3 is 2.75 bits per heavy atom. The number of nitrogens with zero attached hydrogens (tertiary/aromatic N) is 3. The van der Waals surface area contributed by atoms with E-state index in [9.17, 15) is 14.7 Å². The molecule has 3 aromatic rings. The molecule has 1 aliphatic carbocycles. The number of imidazole rings is 1. The summed E-state index contributed by atoms with van der Waals surface area (Å²) in [4.78, 5) is 31.0. The van der Waals surface area contributed by atoms with Crippen molar-refractivity contribution in [3.8, 4) is 23.2 Å². The molecule has 2 bridgehead atoms. The Morgan fingerprint density at radius 2 is 2.06 bits per heavy atom. The highest BCUT2D eigenvalue weighted by Crippen LogP contribution is 2.53. The fraction of sp³-hybridized carbons (Fsp3) is 0.321. The standard InChI is InChI=1S/C28H25ClN4O3/c1-32-11-10-28(36,27(32)35)9-8-16-6-7-20-18-13-19(14-18)33-23(15-17-4-2-3-5-22(17)29)24(25(30)34)31-26(33)21(20)12-16/h2-7,12,18-19,36H,10-11,13-15H2,1H3,(H2,30,34). The molecule has 4 heterocycles. The number of hydrogen-bond acceptors (Lipinski definition) is 4. The van der Waals surface area contributed by atoms with Crippen LogP contribution in [-0.2, 0) is 11.2 Å². The maximum absolute atomic E-state index is 12.5. The van der Waals surface area contributed by atoms with Crippen molar-refractivity contribution in [2.45, 2.75) is 43.2 Å². The zero-order chi connectivity index (χ0) is 25.2. The molecule has 3 aliphatic heterocycles. The number of likely N-dealkylation sites (tertiary alicyclic amines) is 1. The number of halogens is 1. The Labute approximate surface area is 213 Å². The van der Waals surface area contributed by atoms with Gasteiger partial charge in [0.25, 0.3) is 11.8 Å². The van der Waals surface area contributed by atoms with Crippen molar-refractivity contribution < 1.29 is 14.7 Å². The lowest BCUT2D eigenvalue weighted by molar-refractivity contribution is -0.137. The topological polar surface area (TPSA) is 101 Å². The average Bonchev–Trinajstić information content (AvgIpc) is 3.23. The zero-order valence-electron chi connectivity index (χ0n) is 19.8. The predicted molar refractivity (Wildman–Crippen MR) is 136 cm³/mol. The Hall–Kier alpha value is -3.60. The molecule has 2 aromatic carbocycles. The smallest absolute Gasteiger partial charge is 0.269 e. The van der Waals surface area contributed by atoms with E-state index in [1.54, 1.807) is 7.05 Å². The maximum Gasteiger partial charge on any atom is 0.269 e. The molecule has 2 amide bonds. The number of primary amides is 1. The summed E-state index contributed by atoms with van der Waals surface area (Å²) in [6.07, 6.45) is 2.64. The first kappa shape index (κ1) is 22.8. The Balaban J connectivity index is 1.46. The first-order chi connectivity index (χ1) is 17.2. The number of rotatable bonds is 3. The van der Waals surface area contributed by atoms with Gasteiger partial charge in [0, 0.05) is 48.6 Å². The molecule has 7 nitrogen and oxygen atoms in total. The highest BCUT2D eigenvalue weighted by atomic mass is 35.5. The second-order valence-corrected chi connectivity index (χ2v) is 10.4. The SMILES string of the molecule is CN1CCC(O)(C#Cc2ccc3c(c2)-c2nc(C(N)=O)c(Cc4ccccc4Cl)n2C2CC3C2)C1=O. The summed E-state index contributed by atoms with van der Waals surface area (Å²) in [5.41, 5.74) is 8.80. The van der Waals surface area contributed by atoms with Crippen LogP contribution in [0.2, 0.25) is 5.02 Å². The van der Waals surface area contributed by atoms with E-state index in [4.69, 9.17) is 22.3 Å². The fourth-order valence-electron chi connectivity index (χ4n) is 5.62. The van der Waals surface area contributed by atoms with Gasteiger partial charge in [0.1, 0.15) is 11.5 Å². The van der Waals surface area contributed by atoms with Crippen molar-refractivity contribution in [2.75, 3.05) is 13.6 Å². The van der Waals surface area contributed by atoms with E-state index in [1.165, 1.54) is 4.90 Å². The molecule has 1 unspecified atom stereocenters. The average molecular weight is 501 g/mol. The summed E-state index contributed by atoms with van der Waals surface area (Å²) in [5, 5.41) is 11.3. The molecule has 4 aliphatic rings. The van der Waals surface area contributed by atoms with Gasteiger partial charge in [0.2, 0.25) is 5.60 Å². The molecule has 7 rings (SSSR count). The molecule has 3 N–H and O–H groups in total. The van der Waals surface area contributed by atoms with Crippen molar-refractivity contribution in [2.24, 2.45) is 5.73 Å². The lowest BCUT2D eigenvalue weighted by atomic mass is 9.75. The number of carbonyl (C=O) groups is 2. The van der Waals surface area contributed by atoms with Crippen LogP contribution >= 0.6 is 11.6 Å². The van der Waals surface area contributed by atoms with Gasteiger partial charge in [-0.15, -0.1) is 0 Å². The molecular weight excluding hydrogens is 476 g/mol. The van der Waals surface area contributed by atoms with Crippen molar-refractivity contribution in [3.63, 3.8) is 0 Å². The molecule has 1 aromatic heterocycles. The summed E-state index contributed by atoms with van der Waals surface area (Å²) in [6, 6.07) is 13.7. The monoisotopic (exact) mass is 500 g/mol. The molecule has 8 heteroatoms. The Morgan fingerprint density at radius 1 is 1.28 bits per heavy atom. The molecule has 1 saturated heterocycles. The summed E-state index contributed by atoms with van der Waals surface area (Å²) in [7, 11) is 1.66. The van der Waals surface area contributed by atoms with Crippen LogP contribution in [0.3, 0.4) is 0 Å². The highest BCUT2D eigenvalue weighted by Gasteiger charge is 2.43. The minimum Gasteiger partial charge on any atom is -0.369 e. The number of likely N-dealkylation sites (N-methyl/N-ethyl adjacent to an activating group) is 1. The van der Waals surface area contributed by atoms with E-state index in [0.29, 0.717) is 35.3 Å². The third kappa shape index (κ3) is 3.52. The van der Waals surface area contributed by atoms with E-state index < -0.39 is 11.5 Å². The van der Waals surface area contributed by atoms with Gasteiger partial charge >= 0.3 is 0 Å². The molecule has 36 heavy (non-hydrogen) atoms. The van der Waals surface area contributed by atoms with Crippen LogP contribution in [0.25, 0.3) is 11.4 Å². The van der Waals surface area contributed by atoms with Gasteiger partial charge in [-0.1, -0.05) is 47.7 Å². The number of aliphatic hydroxyl groups is 1. The van der Waals surface area contributed by atoms with Crippen LogP contribution in [0.4, 0.5) is 0 Å². The highest BCUT2D eigenvalue weighted by molar-refractivity contribution is 6.31. The van der Waals surface area contributed by atoms with Crippen molar-refractivity contribution in [1.29, 1.82) is 0 Å². The fourth-order valence-corrected chi connectivity index (χ4v) is 5.82. The van der Waals surface area contributed by atoms with Crippen molar-refractivity contribution in [3.05, 3.63) is 75.6 Å². The van der Waals surface area contributed by atoms with Crippen LogP contribution in [0.15, 0.2) is 42.5 Å². The minimum absolute atomic E-state index is 0.220. The van der Waals surface area contributed by atoms with E-state index in [2.05, 4.69) is 22.5 Å². The van der Waals surface area contributed by atoms with E-state index in [1.807, 2.05) is 36.4 Å². The normalized spacial score (nSPS) is 23.8. The van der Waals surface area contributed by atoms with Crippen LogP contribution in [0.1, 0.15) is 64.1 Å². The molecular formula is C28H25ClN4O3. The lowest BCUT2D eigenvalue weighted by Crippen LogP contribution is -2.37. The molecule has 0 spiro atoms. The Kier molecular flexibility index (Phi) is 5.22. The number of hydrogen-bond donors (Lipinski definition) is 2. The first-order valence-electron chi connectivity index (χ1n) is 12.0. The zero-order valence-corrected chi connectivity index (χ0v) is 20.5. The lowest BCUT2D eigenvalue weighted by Gasteiger charge is -2.35. The van der Waals surface area contributed by atoms with Gasteiger partial charge in [0.05, 0.1) is 5.69 Å². The van der Waals surface area contributed by atoms with Crippen LogP contribution in [-0.4, -0.2) is 50.6 Å². The molecule has 1 saturated carbocycles. The van der Waals surface area contributed by atoms with Crippen molar-refractivity contribution in [1.82, 2.24) is 14.5 Å². The molecule has 1 atom stereocenters. The van der Waals surface area contributed by atoms with Crippen LogP contribution in [0, 0.1) is 11.8 Å². The van der Waals surface area contributed by atoms with Crippen LogP contribution < -0.4 is 5.73 Å². The quantitative estimate of drug-likeness (QED) is 0.539. The largest absolute Gasteiger partial charge is 0.369 e. The summed E-state index contributed by atoms with van der Waals surface area (Å²) >= 11 is 6.45. The van der Waals surface area contributed by atoms with Gasteiger partial charge < -0.3 is 20.3 Å². The number of nitrogens with two attached hydrogens (primary N) is 1. The van der Waals surface area contributed by atoms with E-state index in [-0.39, 0.29) is 24.1 Å². The van der Waals surface area contributed by atoms with Crippen molar-refractivity contribution >= 4 is 23.4 Å². The summed E-state index contributed by atoms with van der Waals surface area (Å²) in [5.74, 6) is 5.95. The van der Waals surface area contributed by atoms with Crippen LogP contribution in [0.5, 0.6) is 0 Å². The number of amides is 2. The molecule has 0 radical (unpaired) electrons. The summed E-state index contributed by atoms with van der Waals surface area (Å²) < 4.78 is 2.16. The van der Waals surface area contributed by atoms with Gasteiger partial charge in [-0.2, -0.15) is 0 Å². The second-order valence-electron chi connectivity index (χ2n) is 9.94. The third-order valence-corrected chi connectivity index (χ3v) is 8.06. The minimum atomic E-state index is -1.66. The van der Waals surface area contributed by atoms with Gasteiger partial charge in [-0.25, -0.2) is 4.98 Å². The van der Waals surface area contributed by atoms with E-state index in [0.717, 1.165) is 35.2 Å². The number of carbonyl (C=O) groups excluding carboxylic acids is 2. The van der Waals surface area contributed by atoms with Gasteiger partial charge in [-0.05, 0) is 48.1 Å². The molecule has 2 fully saturated rings. The van der Waals surface area contributed by atoms with E-state index >= 15 is 0 Å². The third-order valence-electron chi connectivity index (χ3n) is 7.69. The predicted octanol–water partition coefficient (Wildman–Crippen LogP) is 3.27. The molecule has 182 valence electrons. The number of benzene rings is 2. The van der Waals surface area contributed by atoms with Gasteiger partial charge in [0.15, 0.2) is 0 Å². The maximum atomic E-state index is 12.5. The number of aromatic nitrogens is 2. The second kappa shape index (κ2) is 8.22. The Bertz CT molecular complexity index is 1490. The van der Waals surface area contributed by atoms with Gasteiger partial charge in [-0.3, -0.25) is 9.59 Å².